The Hall–Kier alpha value is -0.220. The van der Waals surface area contributed by atoms with Crippen LogP contribution in [0.1, 0.15) is 6.42 Å². The molecule has 76 valence electrons. The zero-order valence-electron chi connectivity index (χ0n) is 7.92. The second-order valence-corrected chi connectivity index (χ2v) is 4.22. The van der Waals surface area contributed by atoms with E-state index in [4.69, 9.17) is 0 Å². The summed E-state index contributed by atoms with van der Waals surface area (Å²) in [5.74, 6) is 0.642. The van der Waals surface area contributed by atoms with Crippen molar-refractivity contribution in [1.29, 1.82) is 0 Å². The van der Waals surface area contributed by atoms with Crippen molar-refractivity contribution in [2.45, 2.75) is 18.9 Å². The minimum Gasteiger partial charge on any atom is -0.304 e. The van der Waals surface area contributed by atoms with Crippen molar-refractivity contribution < 1.29 is 8.78 Å². The van der Waals surface area contributed by atoms with E-state index in [-0.39, 0.29) is 6.54 Å². The predicted molar refractivity (Wildman–Crippen MR) is 47.0 cm³/mol. The number of hydrogen-bond acceptors (Lipinski definition) is 2. The molecule has 2 fully saturated rings. The predicted octanol–water partition coefficient (Wildman–Crippen LogP) is 0.887. The van der Waals surface area contributed by atoms with E-state index in [1.807, 2.05) is 4.90 Å². The van der Waals surface area contributed by atoms with Gasteiger partial charge in [0.1, 0.15) is 0 Å². The minimum absolute atomic E-state index is 0.0327. The van der Waals surface area contributed by atoms with Crippen molar-refractivity contribution in [3.8, 4) is 0 Å². The van der Waals surface area contributed by atoms with Crippen molar-refractivity contribution in [3.05, 3.63) is 0 Å². The Morgan fingerprint density at radius 1 is 1.38 bits per heavy atom. The first-order chi connectivity index (χ1) is 6.16. The van der Waals surface area contributed by atoms with Crippen molar-refractivity contribution >= 4 is 0 Å². The summed E-state index contributed by atoms with van der Waals surface area (Å²) < 4.78 is 24.4. The number of likely N-dealkylation sites (N-methyl/N-ethyl adjacent to an activating group) is 1. The summed E-state index contributed by atoms with van der Waals surface area (Å²) in [6, 6.07) is 0.402. The molecule has 0 N–H and O–H groups in total. The molecule has 0 aliphatic carbocycles. The van der Waals surface area contributed by atoms with Gasteiger partial charge in [0.15, 0.2) is 0 Å². The number of likely N-dealkylation sites (tertiary alicyclic amines) is 2. The molecule has 0 spiro atoms. The Morgan fingerprint density at radius 3 is 2.85 bits per heavy atom. The van der Waals surface area contributed by atoms with Gasteiger partial charge in [0, 0.05) is 19.1 Å². The van der Waals surface area contributed by atoms with Crippen LogP contribution in [0.4, 0.5) is 8.78 Å². The van der Waals surface area contributed by atoms with E-state index >= 15 is 0 Å². The normalized spacial score (nSPS) is 36.0. The molecule has 0 aromatic heterocycles. The molecule has 0 saturated carbocycles. The number of fused-ring (bicyclic) bond motifs is 1. The summed E-state index contributed by atoms with van der Waals surface area (Å²) in [6.45, 7) is 2.89. The van der Waals surface area contributed by atoms with Gasteiger partial charge < -0.3 is 4.90 Å². The van der Waals surface area contributed by atoms with Crippen molar-refractivity contribution in [2.75, 3.05) is 33.2 Å². The summed E-state index contributed by atoms with van der Waals surface area (Å²) in [4.78, 5) is 4.20. The molecule has 2 nitrogen and oxygen atoms in total. The lowest BCUT2D eigenvalue weighted by molar-refractivity contribution is 0.0802. The van der Waals surface area contributed by atoms with Gasteiger partial charge in [-0.3, -0.25) is 4.90 Å². The van der Waals surface area contributed by atoms with Crippen LogP contribution < -0.4 is 0 Å². The van der Waals surface area contributed by atoms with Gasteiger partial charge in [0.25, 0.3) is 6.43 Å². The molecule has 2 atom stereocenters. The van der Waals surface area contributed by atoms with Gasteiger partial charge in [-0.1, -0.05) is 0 Å². The standard InChI is InChI=1S/C9H16F2N2/c1-12-4-7-2-3-13(6-9(10)11)8(7)5-12/h7-9H,2-6H2,1H3/t7?,8-/m1/s1. The molecule has 4 heteroatoms. The van der Waals surface area contributed by atoms with Crippen molar-refractivity contribution in [1.82, 2.24) is 9.80 Å². The van der Waals surface area contributed by atoms with Gasteiger partial charge in [0.05, 0.1) is 6.54 Å². The quantitative estimate of drug-likeness (QED) is 0.638. The van der Waals surface area contributed by atoms with Crippen molar-refractivity contribution in [3.63, 3.8) is 0 Å². The molecular formula is C9H16F2N2. The average molecular weight is 190 g/mol. The molecule has 2 heterocycles. The third-order valence-corrected chi connectivity index (χ3v) is 3.22. The van der Waals surface area contributed by atoms with Crippen molar-refractivity contribution in [2.24, 2.45) is 5.92 Å². The number of alkyl halides is 2. The van der Waals surface area contributed by atoms with Crippen LogP contribution in [0.2, 0.25) is 0 Å². The fraction of sp³-hybridized carbons (Fsp3) is 1.00. The van der Waals surface area contributed by atoms with E-state index < -0.39 is 6.43 Å². The molecule has 2 saturated heterocycles. The molecule has 0 bridgehead atoms. The summed E-state index contributed by atoms with van der Waals surface area (Å²) in [7, 11) is 2.07. The molecule has 0 amide bonds. The number of halogens is 2. The Kier molecular flexibility index (Phi) is 2.51. The molecular weight excluding hydrogens is 174 g/mol. The summed E-state index contributed by atoms with van der Waals surface area (Å²) >= 11 is 0. The van der Waals surface area contributed by atoms with Gasteiger partial charge in [-0.25, -0.2) is 8.78 Å². The summed E-state index contributed by atoms with van der Waals surface area (Å²) in [6.07, 6.45) is -1.08. The van der Waals surface area contributed by atoms with Crippen LogP contribution >= 0.6 is 0 Å². The molecule has 2 aliphatic heterocycles. The van der Waals surface area contributed by atoms with Gasteiger partial charge in [-0.05, 0) is 25.9 Å². The third-order valence-electron chi connectivity index (χ3n) is 3.22. The van der Waals surface area contributed by atoms with E-state index in [9.17, 15) is 8.78 Å². The lowest BCUT2D eigenvalue weighted by Gasteiger charge is -2.23. The molecule has 0 aromatic rings. The molecule has 2 rings (SSSR count). The Morgan fingerprint density at radius 2 is 2.15 bits per heavy atom. The van der Waals surface area contributed by atoms with Crippen LogP contribution in [0.5, 0.6) is 0 Å². The summed E-state index contributed by atoms with van der Waals surface area (Å²) in [5.41, 5.74) is 0. The van der Waals surface area contributed by atoms with Crippen LogP contribution in [0.25, 0.3) is 0 Å². The highest BCUT2D eigenvalue weighted by atomic mass is 19.3. The smallest absolute Gasteiger partial charge is 0.251 e. The third kappa shape index (κ3) is 1.83. The molecule has 1 unspecified atom stereocenters. The molecule has 2 aliphatic rings. The summed E-state index contributed by atoms with van der Waals surface area (Å²) in [5, 5.41) is 0. The van der Waals surface area contributed by atoms with Crippen LogP contribution in [0.15, 0.2) is 0 Å². The number of nitrogens with zero attached hydrogens (tertiary/aromatic N) is 2. The zero-order chi connectivity index (χ0) is 9.42. The maximum absolute atomic E-state index is 12.2. The first kappa shape index (κ1) is 9.34. The molecule has 0 aromatic carbocycles. The van der Waals surface area contributed by atoms with E-state index in [2.05, 4.69) is 11.9 Å². The minimum atomic E-state index is -2.18. The largest absolute Gasteiger partial charge is 0.304 e. The second kappa shape index (κ2) is 3.50. The van der Waals surface area contributed by atoms with Crippen LogP contribution in [-0.2, 0) is 0 Å². The lowest BCUT2D eigenvalue weighted by atomic mass is 10.1. The Labute approximate surface area is 77.5 Å². The van der Waals surface area contributed by atoms with E-state index in [1.165, 1.54) is 0 Å². The van der Waals surface area contributed by atoms with Crippen LogP contribution in [-0.4, -0.2) is 55.5 Å². The molecule has 0 radical (unpaired) electrons. The zero-order valence-corrected chi connectivity index (χ0v) is 7.92. The molecule has 13 heavy (non-hydrogen) atoms. The monoisotopic (exact) mass is 190 g/mol. The Balaban J connectivity index is 1.93. The number of rotatable bonds is 2. The highest BCUT2D eigenvalue weighted by molar-refractivity contribution is 4.95. The first-order valence-corrected chi connectivity index (χ1v) is 4.87. The maximum Gasteiger partial charge on any atom is 0.251 e. The van der Waals surface area contributed by atoms with E-state index in [1.54, 1.807) is 0 Å². The highest BCUT2D eigenvalue weighted by Crippen LogP contribution is 2.30. The van der Waals surface area contributed by atoms with Gasteiger partial charge >= 0.3 is 0 Å². The van der Waals surface area contributed by atoms with E-state index in [0.717, 1.165) is 26.1 Å². The first-order valence-electron chi connectivity index (χ1n) is 4.87. The van der Waals surface area contributed by atoms with Crippen LogP contribution in [0.3, 0.4) is 0 Å². The second-order valence-electron chi connectivity index (χ2n) is 4.22. The fourth-order valence-corrected chi connectivity index (χ4v) is 2.66. The average Bonchev–Trinajstić information content (AvgIpc) is 2.51. The maximum atomic E-state index is 12.2. The Bertz CT molecular complexity index is 186. The topological polar surface area (TPSA) is 6.48 Å². The highest BCUT2D eigenvalue weighted by Gasteiger charge is 2.40. The van der Waals surface area contributed by atoms with E-state index in [0.29, 0.717) is 12.0 Å². The lowest BCUT2D eigenvalue weighted by Crippen LogP contribution is -2.37. The van der Waals surface area contributed by atoms with Crippen LogP contribution in [0, 0.1) is 5.92 Å². The van der Waals surface area contributed by atoms with Gasteiger partial charge in [-0.15, -0.1) is 0 Å². The number of hydrogen-bond donors (Lipinski definition) is 0. The van der Waals surface area contributed by atoms with Gasteiger partial charge in [0.2, 0.25) is 0 Å². The fourth-order valence-electron chi connectivity index (χ4n) is 2.66. The van der Waals surface area contributed by atoms with Gasteiger partial charge in [-0.2, -0.15) is 0 Å². The SMILES string of the molecule is CN1CC2CCN(CC(F)F)[C@@H]2C1.